The third-order valence-corrected chi connectivity index (χ3v) is 5.59. The summed E-state index contributed by atoms with van der Waals surface area (Å²) in [5.41, 5.74) is 2.31. The first-order chi connectivity index (χ1) is 14.1. The predicted molar refractivity (Wildman–Crippen MR) is 112 cm³/mol. The van der Waals surface area contributed by atoms with Crippen LogP contribution in [0.25, 0.3) is 21.6 Å². The van der Waals surface area contributed by atoms with E-state index in [0.717, 1.165) is 34.6 Å². The van der Waals surface area contributed by atoms with Crippen molar-refractivity contribution in [3.05, 3.63) is 60.2 Å². The maximum atomic E-state index is 13.9. The largest absolute Gasteiger partial charge is 0.327 e. The van der Waals surface area contributed by atoms with Crippen LogP contribution in [0, 0.1) is 11.7 Å². The van der Waals surface area contributed by atoms with Crippen LogP contribution in [0.5, 0.6) is 0 Å². The number of para-hydroxylation sites is 2. The Labute approximate surface area is 171 Å². The van der Waals surface area contributed by atoms with Crippen LogP contribution in [0.3, 0.4) is 0 Å². The monoisotopic (exact) mass is 409 g/mol. The fraction of sp³-hybridized carbons (Fsp3) is 0.238. The first kappa shape index (κ1) is 19.2. The Hall–Kier alpha value is -3.13. The number of anilines is 1. The Morgan fingerprint density at radius 1 is 1.17 bits per heavy atom. The smallest absolute Gasteiger partial charge is 0.230 e. The molecule has 29 heavy (non-hydrogen) atoms. The maximum Gasteiger partial charge on any atom is 0.230 e. The average molecular weight is 409 g/mol. The Morgan fingerprint density at radius 3 is 2.72 bits per heavy atom. The molecule has 0 spiro atoms. The molecule has 2 aromatic carbocycles. The van der Waals surface area contributed by atoms with E-state index in [1.54, 1.807) is 18.2 Å². The summed E-state index contributed by atoms with van der Waals surface area (Å²) in [6.07, 6.45) is 0.783. The second-order valence-electron chi connectivity index (χ2n) is 6.76. The minimum absolute atomic E-state index is 0.166. The number of hydrogen-bond donors (Lipinski definition) is 1. The third kappa shape index (κ3) is 3.88. The molecule has 1 N–H and O–H groups in total. The number of rotatable bonds is 6. The van der Waals surface area contributed by atoms with Crippen LogP contribution in [-0.2, 0) is 17.8 Å². The summed E-state index contributed by atoms with van der Waals surface area (Å²) < 4.78 is 16.0. The van der Waals surface area contributed by atoms with Gasteiger partial charge in [0.2, 0.25) is 11.0 Å². The van der Waals surface area contributed by atoms with Crippen molar-refractivity contribution in [1.82, 2.24) is 19.7 Å². The highest BCUT2D eigenvalue weighted by Crippen LogP contribution is 2.28. The molecule has 148 valence electrons. The molecule has 0 aliphatic carbocycles. The van der Waals surface area contributed by atoms with E-state index in [0.29, 0.717) is 22.2 Å². The van der Waals surface area contributed by atoms with Crippen LogP contribution in [0.4, 0.5) is 9.52 Å². The molecule has 1 atom stereocenters. The van der Waals surface area contributed by atoms with Gasteiger partial charge < -0.3 is 9.88 Å². The fourth-order valence-electron chi connectivity index (χ4n) is 3.20. The number of hydrogen-bond acceptors (Lipinski definition) is 5. The minimum Gasteiger partial charge on any atom is -0.327 e. The zero-order valence-corrected chi connectivity index (χ0v) is 16.9. The highest BCUT2D eigenvalue weighted by molar-refractivity contribution is 7.18. The van der Waals surface area contributed by atoms with Gasteiger partial charge in [-0.15, -0.1) is 10.2 Å². The summed E-state index contributed by atoms with van der Waals surface area (Å²) >= 11 is 1.15. The molecule has 1 amide bonds. The molecule has 0 bridgehead atoms. The Kier molecular flexibility index (Phi) is 5.35. The molecule has 4 aromatic rings. The van der Waals surface area contributed by atoms with E-state index < -0.39 is 0 Å². The van der Waals surface area contributed by atoms with E-state index in [1.807, 2.05) is 38.1 Å². The normalized spacial score (nSPS) is 12.2. The summed E-state index contributed by atoms with van der Waals surface area (Å²) in [4.78, 5) is 17.4. The van der Waals surface area contributed by atoms with Gasteiger partial charge >= 0.3 is 0 Å². The lowest BCUT2D eigenvalue weighted by molar-refractivity contribution is -0.119. The summed E-state index contributed by atoms with van der Waals surface area (Å²) in [5, 5.41) is 11.6. The standard InChI is InChI=1S/C21H20FN5OS/c1-3-18-23-16-10-6-7-11-17(16)27(18)12-13(2)19(28)24-21-26-25-20(29-21)14-8-4-5-9-15(14)22/h4-11,13H,3,12H2,1-2H3,(H,24,26,28)/t13-/m0/s1. The molecular formula is C21H20FN5OS. The van der Waals surface area contributed by atoms with Crippen LogP contribution in [0.15, 0.2) is 48.5 Å². The zero-order chi connectivity index (χ0) is 20.4. The number of benzene rings is 2. The van der Waals surface area contributed by atoms with E-state index in [4.69, 9.17) is 0 Å². The quantitative estimate of drug-likeness (QED) is 0.508. The molecule has 0 saturated heterocycles. The lowest BCUT2D eigenvalue weighted by atomic mass is 10.1. The van der Waals surface area contributed by atoms with Gasteiger partial charge in [-0.25, -0.2) is 9.37 Å². The molecule has 0 fully saturated rings. The highest BCUT2D eigenvalue weighted by atomic mass is 32.1. The number of fused-ring (bicyclic) bond motifs is 1. The second kappa shape index (κ2) is 8.08. The van der Waals surface area contributed by atoms with Crippen LogP contribution >= 0.6 is 11.3 Å². The van der Waals surface area contributed by atoms with Gasteiger partial charge in [-0.3, -0.25) is 4.79 Å². The van der Waals surface area contributed by atoms with Crippen molar-refractivity contribution in [1.29, 1.82) is 0 Å². The number of aromatic nitrogens is 4. The number of amides is 1. The van der Waals surface area contributed by atoms with Crippen molar-refractivity contribution in [3.8, 4) is 10.6 Å². The fourth-order valence-corrected chi connectivity index (χ4v) is 3.98. The van der Waals surface area contributed by atoms with E-state index in [2.05, 4.69) is 25.1 Å². The minimum atomic E-state index is -0.367. The maximum absolute atomic E-state index is 13.9. The van der Waals surface area contributed by atoms with Gasteiger partial charge in [-0.05, 0) is 24.3 Å². The lowest BCUT2D eigenvalue weighted by Gasteiger charge is -2.14. The number of halogens is 1. The summed E-state index contributed by atoms with van der Waals surface area (Å²) in [7, 11) is 0. The molecule has 2 heterocycles. The average Bonchev–Trinajstić information content (AvgIpc) is 3.33. The molecule has 0 saturated carbocycles. The number of nitrogens with zero attached hydrogens (tertiary/aromatic N) is 4. The molecule has 0 radical (unpaired) electrons. The van der Waals surface area contributed by atoms with Crippen molar-refractivity contribution < 1.29 is 9.18 Å². The predicted octanol–water partition coefficient (Wildman–Crippen LogP) is 4.53. The van der Waals surface area contributed by atoms with Crippen molar-refractivity contribution in [2.75, 3.05) is 5.32 Å². The summed E-state index contributed by atoms with van der Waals surface area (Å²) in [6.45, 7) is 4.42. The lowest BCUT2D eigenvalue weighted by Crippen LogP contribution is -2.25. The first-order valence-electron chi connectivity index (χ1n) is 9.40. The van der Waals surface area contributed by atoms with Gasteiger partial charge in [-0.2, -0.15) is 0 Å². The Balaban J connectivity index is 1.49. The van der Waals surface area contributed by atoms with Gasteiger partial charge in [0.05, 0.1) is 17.0 Å². The Morgan fingerprint density at radius 2 is 1.93 bits per heavy atom. The third-order valence-electron chi connectivity index (χ3n) is 4.71. The Bertz CT molecular complexity index is 1170. The van der Waals surface area contributed by atoms with Gasteiger partial charge in [0.15, 0.2) is 5.01 Å². The number of nitrogens with one attached hydrogen (secondary N) is 1. The number of imidazole rings is 1. The zero-order valence-electron chi connectivity index (χ0n) is 16.1. The molecule has 0 aliphatic heterocycles. The van der Waals surface area contributed by atoms with Gasteiger partial charge in [0, 0.05) is 18.5 Å². The molecule has 2 aromatic heterocycles. The van der Waals surface area contributed by atoms with E-state index in [1.165, 1.54) is 6.07 Å². The number of aryl methyl sites for hydroxylation is 1. The van der Waals surface area contributed by atoms with Crippen molar-refractivity contribution in [2.24, 2.45) is 5.92 Å². The molecule has 0 unspecified atom stereocenters. The van der Waals surface area contributed by atoms with E-state index in [-0.39, 0.29) is 17.6 Å². The number of carbonyl (C=O) groups is 1. The van der Waals surface area contributed by atoms with Crippen molar-refractivity contribution in [3.63, 3.8) is 0 Å². The summed E-state index contributed by atoms with van der Waals surface area (Å²) in [6, 6.07) is 14.3. The highest BCUT2D eigenvalue weighted by Gasteiger charge is 2.19. The van der Waals surface area contributed by atoms with Gasteiger partial charge in [-0.1, -0.05) is 49.4 Å². The van der Waals surface area contributed by atoms with Gasteiger partial charge in [0.25, 0.3) is 0 Å². The molecule has 4 rings (SSSR count). The molecule has 6 nitrogen and oxygen atoms in total. The van der Waals surface area contributed by atoms with Crippen LogP contribution in [0.2, 0.25) is 0 Å². The van der Waals surface area contributed by atoms with Gasteiger partial charge in [0.1, 0.15) is 11.6 Å². The van der Waals surface area contributed by atoms with Crippen LogP contribution in [-0.4, -0.2) is 25.7 Å². The van der Waals surface area contributed by atoms with E-state index in [9.17, 15) is 9.18 Å². The topological polar surface area (TPSA) is 72.7 Å². The number of carbonyl (C=O) groups excluding carboxylic acids is 1. The summed E-state index contributed by atoms with van der Waals surface area (Å²) in [5.74, 6) is 0.109. The van der Waals surface area contributed by atoms with Crippen LogP contribution in [0.1, 0.15) is 19.7 Å². The van der Waals surface area contributed by atoms with Crippen molar-refractivity contribution in [2.45, 2.75) is 26.8 Å². The van der Waals surface area contributed by atoms with Crippen molar-refractivity contribution >= 4 is 33.4 Å². The molecular weight excluding hydrogens is 389 g/mol. The SMILES string of the molecule is CCc1nc2ccccc2n1C[C@H](C)C(=O)Nc1nnc(-c2ccccc2F)s1. The van der Waals surface area contributed by atoms with Crippen LogP contribution < -0.4 is 5.32 Å². The van der Waals surface area contributed by atoms with E-state index >= 15 is 0 Å². The molecule has 0 aliphatic rings. The first-order valence-corrected chi connectivity index (χ1v) is 10.2. The molecule has 8 heteroatoms. The second-order valence-corrected chi connectivity index (χ2v) is 7.74.